The average molecular weight is 364 g/mol. The van der Waals surface area contributed by atoms with Crippen molar-refractivity contribution in [1.29, 1.82) is 0 Å². The highest BCUT2D eigenvalue weighted by Crippen LogP contribution is 2.32. The second-order valence-electron chi connectivity index (χ2n) is 6.17. The van der Waals surface area contributed by atoms with Crippen molar-refractivity contribution >= 4 is 20.9 Å². The Balaban J connectivity index is 1.80. The summed E-state index contributed by atoms with van der Waals surface area (Å²) in [5.74, 6) is 0.221. The molecule has 2 aromatic carbocycles. The second-order valence-corrected chi connectivity index (χ2v) is 8.18. The molecule has 0 saturated carbocycles. The standard InChI is InChI=1S/C20H16N2O3S/c1-26(24,25)17-8-4-13(5-9-17)15-10-18-19(12-22-20(18)21-11-15)14-2-6-16(23)7-3-14/h2-12,23H,1H3,(H,21,22). The maximum Gasteiger partial charge on any atom is 0.175 e. The van der Waals surface area contributed by atoms with Gasteiger partial charge in [0.1, 0.15) is 11.4 Å². The van der Waals surface area contributed by atoms with Crippen molar-refractivity contribution < 1.29 is 13.5 Å². The number of rotatable bonds is 3. The predicted molar refractivity (Wildman–Crippen MR) is 102 cm³/mol. The van der Waals surface area contributed by atoms with Crippen LogP contribution in [0.25, 0.3) is 33.3 Å². The van der Waals surface area contributed by atoms with Crippen LogP contribution in [0.3, 0.4) is 0 Å². The van der Waals surface area contributed by atoms with E-state index in [-0.39, 0.29) is 5.75 Å². The molecule has 2 heterocycles. The molecule has 0 radical (unpaired) electrons. The lowest BCUT2D eigenvalue weighted by Gasteiger charge is -2.05. The normalized spacial score (nSPS) is 11.7. The SMILES string of the molecule is CS(=O)(=O)c1ccc(-c2cnc3[nH]cc(-c4ccc(O)cc4)c3c2)cc1. The van der Waals surface area contributed by atoms with E-state index in [2.05, 4.69) is 9.97 Å². The van der Waals surface area contributed by atoms with Crippen LogP contribution in [0.15, 0.2) is 71.9 Å². The van der Waals surface area contributed by atoms with E-state index in [1.54, 1.807) is 42.6 Å². The number of phenolic OH excluding ortho intramolecular Hbond substituents is 1. The Morgan fingerprint density at radius 3 is 2.23 bits per heavy atom. The third-order valence-corrected chi connectivity index (χ3v) is 5.45. The molecule has 4 aromatic rings. The Morgan fingerprint density at radius 1 is 0.923 bits per heavy atom. The summed E-state index contributed by atoms with van der Waals surface area (Å²) in [6, 6.07) is 15.8. The van der Waals surface area contributed by atoms with E-state index in [0.717, 1.165) is 33.3 Å². The molecule has 4 rings (SSSR count). The number of phenols is 1. The van der Waals surface area contributed by atoms with Gasteiger partial charge in [-0.1, -0.05) is 24.3 Å². The highest BCUT2D eigenvalue weighted by molar-refractivity contribution is 7.90. The maximum atomic E-state index is 11.6. The Bertz CT molecular complexity index is 1190. The van der Waals surface area contributed by atoms with Gasteiger partial charge in [-0.2, -0.15) is 0 Å². The molecule has 5 nitrogen and oxygen atoms in total. The van der Waals surface area contributed by atoms with Gasteiger partial charge in [-0.15, -0.1) is 0 Å². The number of benzene rings is 2. The van der Waals surface area contributed by atoms with E-state index < -0.39 is 9.84 Å². The fraction of sp³-hybridized carbons (Fsp3) is 0.0500. The van der Waals surface area contributed by atoms with Crippen LogP contribution >= 0.6 is 0 Å². The van der Waals surface area contributed by atoms with Gasteiger partial charge in [-0.3, -0.25) is 0 Å². The Kier molecular flexibility index (Phi) is 3.77. The molecule has 0 amide bonds. The summed E-state index contributed by atoms with van der Waals surface area (Å²) in [5.41, 5.74) is 4.52. The molecule has 0 fully saturated rings. The molecule has 2 N–H and O–H groups in total. The number of pyridine rings is 1. The van der Waals surface area contributed by atoms with Crippen LogP contribution in [0.4, 0.5) is 0 Å². The van der Waals surface area contributed by atoms with Crippen LogP contribution in [-0.4, -0.2) is 29.7 Å². The number of hydrogen-bond donors (Lipinski definition) is 2. The van der Waals surface area contributed by atoms with Crippen molar-refractivity contribution in [2.45, 2.75) is 4.90 Å². The Labute approximate surface area is 150 Å². The summed E-state index contributed by atoms with van der Waals surface area (Å²) >= 11 is 0. The van der Waals surface area contributed by atoms with E-state index in [1.807, 2.05) is 24.4 Å². The molecule has 0 spiro atoms. The van der Waals surface area contributed by atoms with Crippen molar-refractivity contribution in [3.63, 3.8) is 0 Å². The summed E-state index contributed by atoms with van der Waals surface area (Å²) in [4.78, 5) is 7.92. The highest BCUT2D eigenvalue weighted by Gasteiger charge is 2.11. The number of aromatic nitrogens is 2. The number of nitrogens with zero attached hydrogens (tertiary/aromatic N) is 1. The van der Waals surface area contributed by atoms with Crippen molar-refractivity contribution in [1.82, 2.24) is 9.97 Å². The van der Waals surface area contributed by atoms with E-state index in [1.165, 1.54) is 6.26 Å². The number of aromatic amines is 1. The molecule has 0 saturated heterocycles. The van der Waals surface area contributed by atoms with Crippen molar-refractivity contribution in [3.8, 4) is 28.0 Å². The van der Waals surface area contributed by atoms with Crippen LogP contribution in [0.5, 0.6) is 5.75 Å². The molecular formula is C20H16N2O3S. The fourth-order valence-electron chi connectivity index (χ4n) is 2.94. The topological polar surface area (TPSA) is 83.0 Å². The molecule has 0 aliphatic rings. The zero-order chi connectivity index (χ0) is 18.3. The molecule has 2 aromatic heterocycles. The largest absolute Gasteiger partial charge is 0.508 e. The first-order valence-corrected chi connectivity index (χ1v) is 9.88. The number of sulfone groups is 1. The molecule has 0 aliphatic heterocycles. The number of nitrogens with one attached hydrogen (secondary N) is 1. The van der Waals surface area contributed by atoms with Crippen LogP contribution < -0.4 is 0 Å². The number of fused-ring (bicyclic) bond motifs is 1. The van der Waals surface area contributed by atoms with Gasteiger partial charge in [0.2, 0.25) is 0 Å². The third-order valence-electron chi connectivity index (χ3n) is 4.33. The smallest absolute Gasteiger partial charge is 0.175 e. The van der Waals surface area contributed by atoms with Crippen LogP contribution in [0, 0.1) is 0 Å². The molecule has 130 valence electrons. The Morgan fingerprint density at radius 2 is 1.58 bits per heavy atom. The van der Waals surface area contributed by atoms with E-state index in [4.69, 9.17) is 0 Å². The lowest BCUT2D eigenvalue weighted by molar-refractivity contribution is 0.475. The molecular weight excluding hydrogens is 348 g/mol. The lowest BCUT2D eigenvalue weighted by Crippen LogP contribution is -1.96. The first kappa shape index (κ1) is 16.4. The van der Waals surface area contributed by atoms with Gasteiger partial charge in [0.05, 0.1) is 4.90 Å². The fourth-order valence-corrected chi connectivity index (χ4v) is 3.57. The summed E-state index contributed by atoms with van der Waals surface area (Å²) in [5, 5.41) is 10.4. The van der Waals surface area contributed by atoms with Gasteiger partial charge in [0.15, 0.2) is 9.84 Å². The first-order valence-electron chi connectivity index (χ1n) is 7.99. The highest BCUT2D eigenvalue weighted by atomic mass is 32.2. The second kappa shape index (κ2) is 6.00. The van der Waals surface area contributed by atoms with Crippen molar-refractivity contribution in [2.24, 2.45) is 0 Å². The van der Waals surface area contributed by atoms with Crippen molar-refractivity contribution in [2.75, 3.05) is 6.26 Å². The van der Waals surface area contributed by atoms with Gasteiger partial charge in [0.25, 0.3) is 0 Å². The number of hydrogen-bond acceptors (Lipinski definition) is 4. The van der Waals surface area contributed by atoms with Crippen LogP contribution in [0.1, 0.15) is 0 Å². The first-order chi connectivity index (χ1) is 12.4. The summed E-state index contributed by atoms with van der Waals surface area (Å²) in [6.07, 6.45) is 4.84. The summed E-state index contributed by atoms with van der Waals surface area (Å²) in [7, 11) is -3.21. The molecule has 0 atom stereocenters. The average Bonchev–Trinajstić information content (AvgIpc) is 3.05. The zero-order valence-corrected chi connectivity index (χ0v) is 14.8. The summed E-state index contributed by atoms with van der Waals surface area (Å²) < 4.78 is 23.2. The van der Waals surface area contributed by atoms with Gasteiger partial charge in [0, 0.05) is 35.2 Å². The predicted octanol–water partition coefficient (Wildman–Crippen LogP) is 4.01. The van der Waals surface area contributed by atoms with Gasteiger partial charge in [-0.25, -0.2) is 13.4 Å². The minimum Gasteiger partial charge on any atom is -0.508 e. The van der Waals surface area contributed by atoms with Crippen LogP contribution in [-0.2, 0) is 9.84 Å². The zero-order valence-electron chi connectivity index (χ0n) is 14.0. The minimum atomic E-state index is -3.21. The van der Waals surface area contributed by atoms with Gasteiger partial charge >= 0.3 is 0 Å². The minimum absolute atomic E-state index is 0.221. The number of aromatic hydroxyl groups is 1. The van der Waals surface area contributed by atoms with Gasteiger partial charge in [-0.05, 0) is 41.5 Å². The molecule has 0 bridgehead atoms. The molecule has 6 heteroatoms. The van der Waals surface area contributed by atoms with Gasteiger partial charge < -0.3 is 10.1 Å². The number of H-pyrrole nitrogens is 1. The quantitative estimate of drug-likeness (QED) is 0.575. The molecule has 0 aliphatic carbocycles. The monoisotopic (exact) mass is 364 g/mol. The molecule has 26 heavy (non-hydrogen) atoms. The summed E-state index contributed by atoms with van der Waals surface area (Å²) in [6.45, 7) is 0. The van der Waals surface area contributed by atoms with E-state index in [0.29, 0.717) is 4.90 Å². The third kappa shape index (κ3) is 2.95. The van der Waals surface area contributed by atoms with Crippen molar-refractivity contribution in [3.05, 3.63) is 67.0 Å². The van der Waals surface area contributed by atoms with E-state index in [9.17, 15) is 13.5 Å². The maximum absolute atomic E-state index is 11.6. The van der Waals surface area contributed by atoms with Crippen LogP contribution in [0.2, 0.25) is 0 Å². The molecule has 0 unspecified atom stereocenters. The lowest BCUT2D eigenvalue weighted by atomic mass is 10.0. The van der Waals surface area contributed by atoms with E-state index >= 15 is 0 Å². The Hall–Kier alpha value is -3.12.